The largest absolute Gasteiger partial charge is 0.336 e. The average molecular weight is 267 g/mol. The van der Waals surface area contributed by atoms with E-state index >= 15 is 0 Å². The molecule has 106 valence electrons. The summed E-state index contributed by atoms with van der Waals surface area (Å²) in [6.07, 6.45) is 1.32. The first-order valence-corrected chi connectivity index (χ1v) is 6.86. The Labute approximate surface area is 113 Å². The summed E-state index contributed by atoms with van der Waals surface area (Å²) in [6, 6.07) is -0.100. The smallest absolute Gasteiger partial charge is 0.317 e. The van der Waals surface area contributed by atoms with Gasteiger partial charge in [0.2, 0.25) is 11.8 Å². The summed E-state index contributed by atoms with van der Waals surface area (Å²) in [6.45, 7) is 6.04. The third kappa shape index (κ3) is 3.05. The third-order valence-electron chi connectivity index (χ3n) is 3.79. The lowest BCUT2D eigenvalue weighted by molar-refractivity contribution is -0.139. The fourth-order valence-electron chi connectivity index (χ4n) is 2.59. The van der Waals surface area contributed by atoms with Crippen LogP contribution in [0.4, 0.5) is 4.79 Å². The van der Waals surface area contributed by atoms with E-state index in [0.29, 0.717) is 12.5 Å². The van der Waals surface area contributed by atoms with Crippen molar-refractivity contribution in [3.05, 3.63) is 0 Å². The first-order valence-electron chi connectivity index (χ1n) is 6.86. The number of hydrogen-bond acceptors (Lipinski definition) is 3. The van der Waals surface area contributed by atoms with Crippen LogP contribution in [0.1, 0.15) is 26.7 Å². The molecule has 6 heteroatoms. The fraction of sp³-hybridized carbons (Fsp3) is 0.769. The number of carbonyl (C=O) groups excluding carboxylic acids is 3. The topological polar surface area (TPSA) is 69.7 Å². The molecule has 0 bridgehead atoms. The van der Waals surface area contributed by atoms with E-state index in [0.717, 1.165) is 19.5 Å². The van der Waals surface area contributed by atoms with Gasteiger partial charge in [0.1, 0.15) is 0 Å². The van der Waals surface area contributed by atoms with Crippen LogP contribution in [0.25, 0.3) is 0 Å². The van der Waals surface area contributed by atoms with Crippen molar-refractivity contribution in [2.24, 2.45) is 11.8 Å². The molecule has 0 saturated carbocycles. The maximum atomic E-state index is 11.8. The van der Waals surface area contributed by atoms with Crippen LogP contribution >= 0.6 is 0 Å². The Kier molecular flexibility index (Phi) is 4.07. The molecule has 2 fully saturated rings. The van der Waals surface area contributed by atoms with E-state index in [4.69, 9.17) is 0 Å². The molecule has 6 nitrogen and oxygen atoms in total. The third-order valence-corrected chi connectivity index (χ3v) is 3.79. The minimum absolute atomic E-state index is 0.100. The van der Waals surface area contributed by atoms with Crippen LogP contribution in [0.2, 0.25) is 0 Å². The number of carbonyl (C=O) groups is 3. The lowest BCUT2D eigenvalue weighted by Gasteiger charge is -2.19. The highest BCUT2D eigenvalue weighted by Crippen LogP contribution is 2.18. The molecule has 2 aliphatic rings. The summed E-state index contributed by atoms with van der Waals surface area (Å²) < 4.78 is 0. The predicted molar refractivity (Wildman–Crippen MR) is 69.3 cm³/mol. The molecule has 2 saturated heterocycles. The molecule has 0 aromatic carbocycles. The average Bonchev–Trinajstić information content (AvgIpc) is 2.88. The fourth-order valence-corrected chi connectivity index (χ4v) is 2.59. The highest BCUT2D eigenvalue weighted by molar-refractivity contribution is 6.03. The minimum atomic E-state index is -0.220. The van der Waals surface area contributed by atoms with Gasteiger partial charge >= 0.3 is 6.03 Å². The van der Waals surface area contributed by atoms with Gasteiger partial charge in [0.15, 0.2) is 0 Å². The molecule has 19 heavy (non-hydrogen) atoms. The second-order valence-corrected chi connectivity index (χ2v) is 5.56. The molecule has 0 aromatic rings. The van der Waals surface area contributed by atoms with E-state index in [-0.39, 0.29) is 36.7 Å². The predicted octanol–water partition coefficient (Wildman–Crippen LogP) is 0.433. The Morgan fingerprint density at radius 1 is 1.37 bits per heavy atom. The molecule has 0 aliphatic carbocycles. The number of amides is 4. The molecule has 1 N–H and O–H groups in total. The zero-order chi connectivity index (χ0) is 14.0. The van der Waals surface area contributed by atoms with E-state index < -0.39 is 0 Å². The van der Waals surface area contributed by atoms with Crippen molar-refractivity contribution in [3.8, 4) is 0 Å². The van der Waals surface area contributed by atoms with Gasteiger partial charge in [0.25, 0.3) is 0 Å². The van der Waals surface area contributed by atoms with Crippen molar-refractivity contribution in [3.63, 3.8) is 0 Å². The van der Waals surface area contributed by atoms with Gasteiger partial charge in [0, 0.05) is 38.5 Å². The quantitative estimate of drug-likeness (QED) is 0.754. The zero-order valence-electron chi connectivity index (χ0n) is 11.5. The first kappa shape index (κ1) is 13.8. The van der Waals surface area contributed by atoms with Gasteiger partial charge in [0.05, 0.1) is 0 Å². The van der Waals surface area contributed by atoms with Crippen molar-refractivity contribution in [2.75, 3.05) is 26.2 Å². The zero-order valence-corrected chi connectivity index (χ0v) is 11.5. The molecule has 4 amide bonds. The number of likely N-dealkylation sites (tertiary alicyclic amines) is 2. The van der Waals surface area contributed by atoms with Gasteiger partial charge < -0.3 is 10.2 Å². The van der Waals surface area contributed by atoms with Crippen LogP contribution in [0, 0.1) is 11.8 Å². The number of nitrogens with zero attached hydrogens (tertiary/aromatic N) is 2. The van der Waals surface area contributed by atoms with Gasteiger partial charge in [-0.15, -0.1) is 0 Å². The SMILES string of the molecule is CC1CC(=O)N(CCNC(=O)N2CC[C@@H](C)C2)C1=O. The Balaban J connectivity index is 1.73. The summed E-state index contributed by atoms with van der Waals surface area (Å²) in [7, 11) is 0. The van der Waals surface area contributed by atoms with Crippen molar-refractivity contribution < 1.29 is 14.4 Å². The molecule has 2 atom stereocenters. The highest BCUT2D eigenvalue weighted by atomic mass is 16.2. The molecular formula is C13H21N3O3. The molecule has 2 aliphatic heterocycles. The minimum Gasteiger partial charge on any atom is -0.336 e. The van der Waals surface area contributed by atoms with E-state index in [2.05, 4.69) is 12.2 Å². The Morgan fingerprint density at radius 2 is 2.11 bits per heavy atom. The van der Waals surface area contributed by atoms with Crippen LogP contribution in [0.5, 0.6) is 0 Å². The van der Waals surface area contributed by atoms with Crippen LogP contribution in [-0.4, -0.2) is 53.8 Å². The van der Waals surface area contributed by atoms with Gasteiger partial charge in [-0.25, -0.2) is 4.79 Å². The van der Waals surface area contributed by atoms with Crippen LogP contribution < -0.4 is 5.32 Å². The van der Waals surface area contributed by atoms with E-state index in [1.54, 1.807) is 11.8 Å². The lowest BCUT2D eigenvalue weighted by Crippen LogP contribution is -2.43. The van der Waals surface area contributed by atoms with Gasteiger partial charge in [-0.05, 0) is 12.3 Å². The Hall–Kier alpha value is -1.59. The summed E-state index contributed by atoms with van der Waals surface area (Å²) in [5.74, 6) is 0.0616. The monoisotopic (exact) mass is 267 g/mol. The maximum absolute atomic E-state index is 11.8. The van der Waals surface area contributed by atoms with Crippen LogP contribution in [-0.2, 0) is 9.59 Å². The first-order chi connectivity index (χ1) is 8.99. The number of rotatable bonds is 3. The van der Waals surface area contributed by atoms with E-state index in [9.17, 15) is 14.4 Å². The highest BCUT2D eigenvalue weighted by Gasteiger charge is 2.35. The summed E-state index contributed by atoms with van der Waals surface area (Å²) in [5.41, 5.74) is 0. The summed E-state index contributed by atoms with van der Waals surface area (Å²) in [5, 5.41) is 2.77. The van der Waals surface area contributed by atoms with Crippen molar-refractivity contribution in [1.82, 2.24) is 15.1 Å². The van der Waals surface area contributed by atoms with Gasteiger partial charge in [-0.3, -0.25) is 14.5 Å². The van der Waals surface area contributed by atoms with Gasteiger partial charge in [-0.1, -0.05) is 13.8 Å². The number of urea groups is 1. The molecule has 1 unspecified atom stereocenters. The van der Waals surface area contributed by atoms with Gasteiger partial charge in [-0.2, -0.15) is 0 Å². The maximum Gasteiger partial charge on any atom is 0.317 e. The molecular weight excluding hydrogens is 246 g/mol. The Morgan fingerprint density at radius 3 is 2.63 bits per heavy atom. The Bertz CT molecular complexity index is 397. The lowest BCUT2D eigenvalue weighted by atomic mass is 10.1. The number of imide groups is 1. The number of hydrogen-bond donors (Lipinski definition) is 1. The van der Waals surface area contributed by atoms with Crippen molar-refractivity contribution in [2.45, 2.75) is 26.7 Å². The number of nitrogens with one attached hydrogen (secondary N) is 1. The van der Waals surface area contributed by atoms with Crippen LogP contribution in [0.3, 0.4) is 0 Å². The molecule has 0 aromatic heterocycles. The normalized spacial score (nSPS) is 27.3. The van der Waals surface area contributed by atoms with Crippen molar-refractivity contribution in [1.29, 1.82) is 0 Å². The van der Waals surface area contributed by atoms with E-state index in [1.165, 1.54) is 4.90 Å². The molecule has 2 rings (SSSR count). The second kappa shape index (κ2) is 5.59. The summed E-state index contributed by atoms with van der Waals surface area (Å²) >= 11 is 0. The molecule has 0 radical (unpaired) electrons. The standard InChI is InChI=1S/C13H21N3O3/c1-9-3-5-15(8-9)13(19)14-4-6-16-11(17)7-10(2)12(16)18/h9-10H,3-8H2,1-2H3,(H,14,19)/t9-,10?/m1/s1. The summed E-state index contributed by atoms with van der Waals surface area (Å²) in [4.78, 5) is 38.1. The molecule has 2 heterocycles. The molecule has 0 spiro atoms. The van der Waals surface area contributed by atoms with Crippen molar-refractivity contribution >= 4 is 17.8 Å². The van der Waals surface area contributed by atoms with Crippen LogP contribution in [0.15, 0.2) is 0 Å². The second-order valence-electron chi connectivity index (χ2n) is 5.56. The van der Waals surface area contributed by atoms with E-state index in [1.807, 2.05) is 0 Å².